The van der Waals surface area contributed by atoms with Crippen LogP contribution < -0.4 is 0 Å². The van der Waals surface area contributed by atoms with Gasteiger partial charge in [-0.1, -0.05) is 30.3 Å². The van der Waals surface area contributed by atoms with E-state index in [1.807, 2.05) is 60.3 Å². The summed E-state index contributed by atoms with van der Waals surface area (Å²) < 4.78 is 1.96. The predicted octanol–water partition coefficient (Wildman–Crippen LogP) is 3.58. The largest absolute Gasteiger partial charge is 0.339 e. The van der Waals surface area contributed by atoms with Gasteiger partial charge >= 0.3 is 0 Å². The number of fused-ring (bicyclic) bond motifs is 1. The van der Waals surface area contributed by atoms with Crippen molar-refractivity contribution < 1.29 is 4.79 Å². The fraction of sp³-hybridized carbons (Fsp3) is 0.250. The van der Waals surface area contributed by atoms with Crippen LogP contribution in [0.1, 0.15) is 29.3 Å². The zero-order valence-electron chi connectivity index (χ0n) is 14.5. The molecule has 5 heteroatoms. The van der Waals surface area contributed by atoms with Gasteiger partial charge in [-0.05, 0) is 36.9 Å². The van der Waals surface area contributed by atoms with Crippen LogP contribution in [0.25, 0.3) is 10.9 Å². The summed E-state index contributed by atoms with van der Waals surface area (Å²) in [7, 11) is 1.78. The molecule has 2 aromatic carbocycles. The molecule has 0 aliphatic rings. The SMILES string of the molecule is C[C@H](CC=N)N(C)C(=O)c1ccc(Cn2ncc3ccccc32)cc1. The van der Waals surface area contributed by atoms with Crippen LogP contribution in [0.4, 0.5) is 0 Å². The van der Waals surface area contributed by atoms with E-state index in [0.717, 1.165) is 16.5 Å². The molecule has 25 heavy (non-hydrogen) atoms. The Bertz CT molecular complexity index is 882. The summed E-state index contributed by atoms with van der Waals surface area (Å²) in [5.41, 5.74) is 2.86. The number of amides is 1. The van der Waals surface area contributed by atoms with E-state index in [1.54, 1.807) is 11.9 Å². The lowest BCUT2D eigenvalue weighted by molar-refractivity contribution is 0.0748. The van der Waals surface area contributed by atoms with Crippen molar-refractivity contribution in [3.05, 3.63) is 65.9 Å². The number of nitrogens with one attached hydrogen (secondary N) is 1. The summed E-state index contributed by atoms with van der Waals surface area (Å²) in [6, 6.07) is 15.8. The number of para-hydroxylation sites is 1. The minimum atomic E-state index is -0.0227. The number of carbonyl (C=O) groups excluding carboxylic acids is 1. The van der Waals surface area contributed by atoms with Crippen molar-refractivity contribution in [2.24, 2.45) is 0 Å². The maximum Gasteiger partial charge on any atom is 0.253 e. The number of carbonyl (C=O) groups is 1. The molecule has 0 aliphatic carbocycles. The van der Waals surface area contributed by atoms with E-state index in [-0.39, 0.29) is 11.9 Å². The maximum absolute atomic E-state index is 12.5. The summed E-state index contributed by atoms with van der Waals surface area (Å²) in [6.45, 7) is 2.61. The lowest BCUT2D eigenvalue weighted by Crippen LogP contribution is -2.35. The van der Waals surface area contributed by atoms with Crippen LogP contribution in [-0.4, -0.2) is 39.9 Å². The lowest BCUT2D eigenvalue weighted by Gasteiger charge is -2.23. The molecule has 0 aliphatic heterocycles. The van der Waals surface area contributed by atoms with Crippen LogP contribution in [0.5, 0.6) is 0 Å². The molecule has 1 aromatic heterocycles. The molecule has 1 atom stereocenters. The van der Waals surface area contributed by atoms with Gasteiger partial charge in [-0.15, -0.1) is 0 Å². The van der Waals surface area contributed by atoms with Gasteiger partial charge in [0.1, 0.15) is 0 Å². The van der Waals surface area contributed by atoms with Gasteiger partial charge in [0, 0.05) is 30.5 Å². The van der Waals surface area contributed by atoms with Gasteiger partial charge in [0.2, 0.25) is 0 Å². The molecule has 0 fully saturated rings. The number of benzene rings is 2. The molecule has 128 valence electrons. The van der Waals surface area contributed by atoms with Crippen LogP contribution >= 0.6 is 0 Å². The zero-order chi connectivity index (χ0) is 17.8. The van der Waals surface area contributed by atoms with Crippen molar-refractivity contribution in [3.8, 4) is 0 Å². The Kier molecular flexibility index (Phi) is 4.93. The van der Waals surface area contributed by atoms with Gasteiger partial charge in [-0.2, -0.15) is 5.10 Å². The monoisotopic (exact) mass is 334 g/mol. The Morgan fingerprint density at radius 2 is 1.96 bits per heavy atom. The number of rotatable bonds is 6. The minimum Gasteiger partial charge on any atom is -0.339 e. The molecule has 1 heterocycles. The van der Waals surface area contributed by atoms with Crippen LogP contribution in [0.15, 0.2) is 54.7 Å². The molecule has 3 rings (SSSR count). The Balaban J connectivity index is 1.74. The molecule has 5 nitrogen and oxygen atoms in total. The summed E-state index contributed by atoms with van der Waals surface area (Å²) in [5.74, 6) is -0.0227. The molecule has 0 bridgehead atoms. The molecule has 0 unspecified atom stereocenters. The smallest absolute Gasteiger partial charge is 0.253 e. The van der Waals surface area contributed by atoms with Crippen molar-refractivity contribution >= 4 is 23.0 Å². The molecular formula is C20H22N4O. The Labute approximate surface area is 147 Å². The van der Waals surface area contributed by atoms with Gasteiger partial charge < -0.3 is 10.3 Å². The van der Waals surface area contributed by atoms with Gasteiger partial charge in [0.15, 0.2) is 0 Å². The third-order valence-electron chi connectivity index (χ3n) is 4.52. The van der Waals surface area contributed by atoms with Crippen LogP contribution in [0, 0.1) is 5.41 Å². The Hall–Kier alpha value is -2.95. The van der Waals surface area contributed by atoms with Crippen molar-refractivity contribution in [1.82, 2.24) is 14.7 Å². The van der Waals surface area contributed by atoms with E-state index < -0.39 is 0 Å². The van der Waals surface area contributed by atoms with E-state index in [0.29, 0.717) is 18.5 Å². The second-order valence-electron chi connectivity index (χ2n) is 6.26. The average molecular weight is 334 g/mol. The van der Waals surface area contributed by atoms with Gasteiger partial charge in [0.05, 0.1) is 18.3 Å². The zero-order valence-corrected chi connectivity index (χ0v) is 14.5. The van der Waals surface area contributed by atoms with Gasteiger partial charge in [-0.3, -0.25) is 9.48 Å². The minimum absolute atomic E-state index is 0.0140. The quantitative estimate of drug-likeness (QED) is 0.700. The molecule has 0 saturated carbocycles. The van der Waals surface area contributed by atoms with Gasteiger partial charge in [0.25, 0.3) is 5.91 Å². The van der Waals surface area contributed by atoms with E-state index in [2.05, 4.69) is 11.2 Å². The topological polar surface area (TPSA) is 62.0 Å². The maximum atomic E-state index is 12.5. The Morgan fingerprint density at radius 3 is 2.68 bits per heavy atom. The highest BCUT2D eigenvalue weighted by molar-refractivity contribution is 5.94. The van der Waals surface area contributed by atoms with E-state index >= 15 is 0 Å². The van der Waals surface area contributed by atoms with E-state index in [1.165, 1.54) is 6.21 Å². The molecule has 1 N–H and O–H groups in total. The van der Waals surface area contributed by atoms with Crippen molar-refractivity contribution in [2.75, 3.05) is 7.05 Å². The normalized spacial score (nSPS) is 12.1. The highest BCUT2D eigenvalue weighted by Crippen LogP contribution is 2.15. The predicted molar refractivity (Wildman–Crippen MR) is 100 cm³/mol. The first-order valence-electron chi connectivity index (χ1n) is 8.35. The highest BCUT2D eigenvalue weighted by atomic mass is 16.2. The fourth-order valence-electron chi connectivity index (χ4n) is 2.81. The summed E-state index contributed by atoms with van der Waals surface area (Å²) in [6.07, 6.45) is 3.77. The summed E-state index contributed by atoms with van der Waals surface area (Å²) >= 11 is 0. The molecule has 3 aromatic rings. The third-order valence-corrected chi connectivity index (χ3v) is 4.52. The summed E-state index contributed by atoms with van der Waals surface area (Å²) in [4.78, 5) is 14.2. The van der Waals surface area contributed by atoms with E-state index in [9.17, 15) is 4.79 Å². The number of hydrogen-bond donors (Lipinski definition) is 1. The second-order valence-corrected chi connectivity index (χ2v) is 6.26. The van der Waals surface area contributed by atoms with E-state index in [4.69, 9.17) is 5.41 Å². The second kappa shape index (κ2) is 7.30. The first-order valence-corrected chi connectivity index (χ1v) is 8.35. The number of nitrogens with zero attached hydrogens (tertiary/aromatic N) is 3. The molecule has 1 amide bonds. The molecular weight excluding hydrogens is 312 g/mol. The highest BCUT2D eigenvalue weighted by Gasteiger charge is 2.16. The summed E-state index contributed by atoms with van der Waals surface area (Å²) in [5, 5.41) is 12.7. The fourth-order valence-corrected chi connectivity index (χ4v) is 2.81. The lowest BCUT2D eigenvalue weighted by atomic mass is 10.1. The van der Waals surface area contributed by atoms with Crippen molar-refractivity contribution in [1.29, 1.82) is 5.41 Å². The van der Waals surface area contributed by atoms with Crippen LogP contribution in [-0.2, 0) is 6.54 Å². The first kappa shape index (κ1) is 16.9. The van der Waals surface area contributed by atoms with Gasteiger partial charge in [-0.25, -0.2) is 0 Å². The average Bonchev–Trinajstić information content (AvgIpc) is 3.04. The standard InChI is InChI=1S/C20H22N4O/c1-15(11-12-21)23(2)20(25)17-9-7-16(8-10-17)14-24-19-6-4-3-5-18(19)13-22-24/h3-10,12-13,15,21H,11,14H2,1-2H3/t15-/m1/s1. The molecule has 0 radical (unpaired) electrons. The third kappa shape index (κ3) is 3.60. The van der Waals surface area contributed by atoms with Crippen LogP contribution in [0.2, 0.25) is 0 Å². The van der Waals surface area contributed by atoms with Crippen molar-refractivity contribution in [3.63, 3.8) is 0 Å². The number of hydrogen-bond acceptors (Lipinski definition) is 3. The van der Waals surface area contributed by atoms with Crippen molar-refractivity contribution in [2.45, 2.75) is 25.9 Å². The number of aromatic nitrogens is 2. The Morgan fingerprint density at radius 1 is 1.24 bits per heavy atom. The molecule has 0 saturated heterocycles. The molecule has 0 spiro atoms. The first-order chi connectivity index (χ1) is 12.1. The van der Waals surface area contributed by atoms with Crippen LogP contribution in [0.3, 0.4) is 0 Å².